The molecule has 1 amide bonds. The number of aryl methyl sites for hydroxylation is 1. The lowest BCUT2D eigenvalue weighted by molar-refractivity contribution is 0.0936. The van der Waals surface area contributed by atoms with Crippen molar-refractivity contribution in [1.82, 2.24) is 25.1 Å². The van der Waals surface area contributed by atoms with Crippen LogP contribution in [0.1, 0.15) is 35.3 Å². The van der Waals surface area contributed by atoms with Crippen LogP contribution in [-0.2, 0) is 12.1 Å². The first kappa shape index (κ1) is 21.5. The van der Waals surface area contributed by atoms with Crippen molar-refractivity contribution in [2.45, 2.75) is 32.9 Å². The minimum Gasteiger partial charge on any atom is -0.383 e. The molecular formula is C24H27N7O. The molecule has 0 saturated carbocycles. The Balaban J connectivity index is 1.66. The van der Waals surface area contributed by atoms with Crippen molar-refractivity contribution in [3.8, 4) is 11.3 Å². The molecule has 4 rings (SSSR count). The summed E-state index contributed by atoms with van der Waals surface area (Å²) in [4.78, 5) is 21.3. The van der Waals surface area contributed by atoms with Crippen LogP contribution in [0.2, 0.25) is 0 Å². The molecule has 0 atom stereocenters. The second-order valence-corrected chi connectivity index (χ2v) is 8.48. The zero-order valence-electron chi connectivity index (χ0n) is 18.5. The van der Waals surface area contributed by atoms with Crippen molar-refractivity contribution in [2.24, 2.45) is 5.73 Å². The van der Waals surface area contributed by atoms with Gasteiger partial charge in [0.05, 0.1) is 10.9 Å². The normalized spacial score (nSPS) is 11.6. The molecule has 164 valence electrons. The van der Waals surface area contributed by atoms with Gasteiger partial charge < -0.3 is 16.8 Å². The first-order chi connectivity index (χ1) is 15.3. The summed E-state index contributed by atoms with van der Waals surface area (Å²) in [7, 11) is 0. The summed E-state index contributed by atoms with van der Waals surface area (Å²) in [6.45, 7) is 6.81. The third-order valence-corrected chi connectivity index (χ3v) is 5.53. The van der Waals surface area contributed by atoms with Crippen LogP contribution in [0, 0.1) is 6.92 Å². The molecule has 4 aromatic rings. The molecule has 0 aliphatic carbocycles. The first-order valence-electron chi connectivity index (χ1n) is 10.4. The van der Waals surface area contributed by atoms with Crippen molar-refractivity contribution in [1.29, 1.82) is 0 Å². The van der Waals surface area contributed by atoms with E-state index in [1.165, 1.54) is 6.33 Å². The number of nitrogen functional groups attached to an aromatic ring is 1. The highest BCUT2D eigenvalue weighted by atomic mass is 16.1. The van der Waals surface area contributed by atoms with E-state index in [0.29, 0.717) is 35.5 Å². The highest BCUT2D eigenvalue weighted by Crippen LogP contribution is 2.33. The van der Waals surface area contributed by atoms with Gasteiger partial charge in [0.15, 0.2) is 5.65 Å². The van der Waals surface area contributed by atoms with E-state index in [9.17, 15) is 4.79 Å². The smallest absolute Gasteiger partial charge is 0.251 e. The standard InChI is InChI=1S/C24H27N7O/c1-15-4-8-17(9-5-15)20-19-21(26)28-14-29-22(19)31(30-20)24(2,3)13-27-23(32)18-10-6-16(12-25)7-11-18/h4-11,14H,12-13,25H2,1-3H3,(H,27,32)(H2,26,28,29). The fourth-order valence-corrected chi connectivity index (χ4v) is 3.58. The molecule has 32 heavy (non-hydrogen) atoms. The van der Waals surface area contributed by atoms with Gasteiger partial charge in [0.1, 0.15) is 17.8 Å². The maximum absolute atomic E-state index is 12.7. The van der Waals surface area contributed by atoms with Gasteiger partial charge in [-0.3, -0.25) is 4.79 Å². The quantitative estimate of drug-likeness (QED) is 0.433. The molecule has 2 heterocycles. The van der Waals surface area contributed by atoms with Crippen LogP contribution in [0.3, 0.4) is 0 Å². The van der Waals surface area contributed by atoms with Crippen molar-refractivity contribution in [3.63, 3.8) is 0 Å². The Hall–Kier alpha value is -3.78. The van der Waals surface area contributed by atoms with Gasteiger partial charge in [-0.15, -0.1) is 0 Å². The van der Waals surface area contributed by atoms with Crippen molar-refractivity contribution in [2.75, 3.05) is 12.3 Å². The minimum absolute atomic E-state index is 0.161. The van der Waals surface area contributed by atoms with E-state index >= 15 is 0 Å². The van der Waals surface area contributed by atoms with E-state index in [0.717, 1.165) is 22.4 Å². The number of hydrogen-bond donors (Lipinski definition) is 3. The van der Waals surface area contributed by atoms with Gasteiger partial charge in [-0.2, -0.15) is 5.10 Å². The number of carbonyl (C=O) groups is 1. The lowest BCUT2D eigenvalue weighted by Gasteiger charge is -2.26. The predicted molar refractivity (Wildman–Crippen MR) is 126 cm³/mol. The second kappa shape index (κ2) is 8.39. The largest absolute Gasteiger partial charge is 0.383 e. The van der Waals surface area contributed by atoms with E-state index in [1.807, 2.05) is 61.9 Å². The Morgan fingerprint density at radius 1 is 1.06 bits per heavy atom. The van der Waals surface area contributed by atoms with Crippen LogP contribution in [0.25, 0.3) is 22.3 Å². The summed E-state index contributed by atoms with van der Waals surface area (Å²) in [6.07, 6.45) is 1.43. The zero-order valence-corrected chi connectivity index (χ0v) is 18.5. The number of benzene rings is 2. The number of nitrogens with one attached hydrogen (secondary N) is 1. The molecule has 0 aliphatic heterocycles. The monoisotopic (exact) mass is 429 g/mol. The molecule has 0 unspecified atom stereocenters. The molecule has 8 heteroatoms. The lowest BCUT2D eigenvalue weighted by atomic mass is 10.1. The number of hydrogen-bond acceptors (Lipinski definition) is 6. The van der Waals surface area contributed by atoms with Crippen molar-refractivity contribution in [3.05, 3.63) is 71.5 Å². The van der Waals surface area contributed by atoms with Crippen LogP contribution >= 0.6 is 0 Å². The summed E-state index contributed by atoms with van der Waals surface area (Å²) < 4.78 is 1.81. The highest BCUT2D eigenvalue weighted by Gasteiger charge is 2.28. The van der Waals surface area contributed by atoms with Crippen molar-refractivity contribution >= 4 is 22.8 Å². The molecule has 0 radical (unpaired) electrons. The third kappa shape index (κ3) is 4.04. The van der Waals surface area contributed by atoms with Crippen LogP contribution in [0.4, 0.5) is 5.82 Å². The van der Waals surface area contributed by atoms with Gasteiger partial charge in [0.2, 0.25) is 0 Å². The number of nitrogens with two attached hydrogens (primary N) is 2. The Morgan fingerprint density at radius 3 is 2.41 bits per heavy atom. The van der Waals surface area contributed by atoms with Crippen molar-refractivity contribution < 1.29 is 4.79 Å². The van der Waals surface area contributed by atoms with E-state index in [-0.39, 0.29) is 5.91 Å². The van der Waals surface area contributed by atoms with E-state index < -0.39 is 5.54 Å². The molecule has 8 nitrogen and oxygen atoms in total. The molecule has 0 saturated heterocycles. The molecule has 5 N–H and O–H groups in total. The number of rotatable bonds is 6. The molecular weight excluding hydrogens is 402 g/mol. The van der Waals surface area contributed by atoms with Crippen LogP contribution < -0.4 is 16.8 Å². The lowest BCUT2D eigenvalue weighted by Crippen LogP contribution is -2.41. The van der Waals surface area contributed by atoms with Gasteiger partial charge in [0, 0.05) is 24.2 Å². The topological polar surface area (TPSA) is 125 Å². The first-order valence-corrected chi connectivity index (χ1v) is 10.4. The number of carbonyl (C=O) groups excluding carboxylic acids is 1. The number of anilines is 1. The molecule has 0 aliphatic rings. The van der Waals surface area contributed by atoms with E-state index in [4.69, 9.17) is 16.6 Å². The van der Waals surface area contributed by atoms with Gasteiger partial charge in [-0.25, -0.2) is 14.6 Å². The summed E-state index contributed by atoms with van der Waals surface area (Å²) >= 11 is 0. The van der Waals surface area contributed by atoms with Gasteiger partial charge in [-0.1, -0.05) is 42.0 Å². The Kier molecular flexibility index (Phi) is 5.63. The third-order valence-electron chi connectivity index (χ3n) is 5.53. The summed E-state index contributed by atoms with van der Waals surface area (Å²) in [5.41, 5.74) is 16.3. The summed E-state index contributed by atoms with van der Waals surface area (Å²) in [6, 6.07) is 15.3. The molecule has 0 fully saturated rings. The molecule has 0 spiro atoms. The van der Waals surface area contributed by atoms with E-state index in [2.05, 4.69) is 15.3 Å². The maximum Gasteiger partial charge on any atom is 0.251 e. The molecule has 0 bridgehead atoms. The highest BCUT2D eigenvalue weighted by molar-refractivity contribution is 5.98. The van der Waals surface area contributed by atoms with Gasteiger partial charge in [0.25, 0.3) is 5.91 Å². The maximum atomic E-state index is 12.7. The average Bonchev–Trinajstić information content (AvgIpc) is 3.20. The molecule has 2 aromatic heterocycles. The van der Waals surface area contributed by atoms with Crippen LogP contribution in [0.5, 0.6) is 0 Å². The minimum atomic E-state index is -0.575. The Labute approximate surface area is 186 Å². The Morgan fingerprint density at radius 2 is 1.75 bits per heavy atom. The SMILES string of the molecule is Cc1ccc(-c2nn(C(C)(C)CNC(=O)c3ccc(CN)cc3)c3ncnc(N)c23)cc1. The molecule has 2 aromatic carbocycles. The Bertz CT molecular complexity index is 1260. The fourth-order valence-electron chi connectivity index (χ4n) is 3.58. The van der Waals surface area contributed by atoms with Crippen LogP contribution in [-0.4, -0.2) is 32.2 Å². The average molecular weight is 430 g/mol. The fraction of sp³-hybridized carbons (Fsp3) is 0.250. The van der Waals surface area contributed by atoms with Gasteiger partial charge >= 0.3 is 0 Å². The summed E-state index contributed by atoms with van der Waals surface area (Å²) in [5.74, 6) is 0.211. The second-order valence-electron chi connectivity index (χ2n) is 8.48. The van der Waals surface area contributed by atoms with E-state index in [1.54, 1.807) is 12.1 Å². The number of fused-ring (bicyclic) bond motifs is 1. The number of nitrogens with zero attached hydrogens (tertiary/aromatic N) is 4. The number of aromatic nitrogens is 4. The predicted octanol–water partition coefficient (Wildman–Crippen LogP) is 3.01. The zero-order chi connectivity index (χ0) is 22.9. The number of amides is 1. The summed E-state index contributed by atoms with van der Waals surface area (Å²) in [5, 5.41) is 8.57. The van der Waals surface area contributed by atoms with Crippen LogP contribution in [0.15, 0.2) is 54.9 Å². The van der Waals surface area contributed by atoms with Gasteiger partial charge in [-0.05, 0) is 38.5 Å².